The molecule has 5 nitrogen and oxygen atoms in total. The van der Waals surface area contributed by atoms with Gasteiger partial charge in [-0.2, -0.15) is 8.78 Å². The van der Waals surface area contributed by atoms with Crippen LogP contribution in [-0.4, -0.2) is 31.4 Å². The van der Waals surface area contributed by atoms with Gasteiger partial charge < -0.3 is 14.8 Å². The quantitative estimate of drug-likeness (QED) is 0.596. The van der Waals surface area contributed by atoms with Crippen molar-refractivity contribution in [2.45, 2.75) is 10.7 Å². The molecule has 0 radical (unpaired) electrons. The third-order valence-corrected chi connectivity index (χ3v) is 3.83. The molecule has 0 aromatic heterocycles. The van der Waals surface area contributed by atoms with E-state index in [1.165, 1.54) is 31.4 Å². The maximum Gasteiger partial charge on any atom is 0.338 e. The molecule has 0 aliphatic rings. The molecular formula is C17H15F2NO4S. The summed E-state index contributed by atoms with van der Waals surface area (Å²) in [6.07, 6.45) is 0. The number of para-hydroxylation sites is 1. The number of hydrogen-bond donors (Lipinski definition) is 1. The van der Waals surface area contributed by atoms with Gasteiger partial charge in [0.05, 0.1) is 18.4 Å². The molecule has 1 amide bonds. The minimum atomic E-state index is -2.61. The van der Waals surface area contributed by atoms with Gasteiger partial charge in [0.25, 0.3) is 11.7 Å². The fourth-order valence-electron chi connectivity index (χ4n) is 1.90. The molecule has 0 unspecified atom stereocenters. The molecule has 0 aliphatic heterocycles. The summed E-state index contributed by atoms with van der Waals surface area (Å²) in [4.78, 5) is 24.0. The maximum atomic E-state index is 12.5. The number of benzene rings is 2. The highest BCUT2D eigenvalue weighted by Crippen LogP contribution is 2.31. The van der Waals surface area contributed by atoms with Crippen molar-refractivity contribution in [1.82, 2.24) is 0 Å². The zero-order valence-corrected chi connectivity index (χ0v) is 14.0. The number of hydrogen-bond acceptors (Lipinski definition) is 5. The maximum absolute atomic E-state index is 12.5. The van der Waals surface area contributed by atoms with Crippen LogP contribution in [0.2, 0.25) is 0 Å². The minimum absolute atomic E-state index is 0.229. The van der Waals surface area contributed by atoms with Gasteiger partial charge in [-0.25, -0.2) is 4.79 Å². The lowest BCUT2D eigenvalue weighted by Crippen LogP contribution is -2.21. The number of nitrogens with one attached hydrogen (secondary N) is 1. The Balaban J connectivity index is 1.91. The predicted molar refractivity (Wildman–Crippen MR) is 90.2 cm³/mol. The molecule has 132 valence electrons. The van der Waals surface area contributed by atoms with Crippen LogP contribution in [0.5, 0.6) is 5.75 Å². The van der Waals surface area contributed by atoms with E-state index < -0.39 is 24.2 Å². The van der Waals surface area contributed by atoms with Crippen LogP contribution in [0, 0.1) is 0 Å². The van der Waals surface area contributed by atoms with Crippen molar-refractivity contribution in [3.05, 3.63) is 54.1 Å². The van der Waals surface area contributed by atoms with Gasteiger partial charge in [0.2, 0.25) is 0 Å². The van der Waals surface area contributed by atoms with Crippen LogP contribution in [0.1, 0.15) is 10.4 Å². The first-order chi connectivity index (χ1) is 12.0. The Hall–Kier alpha value is -2.61. The zero-order chi connectivity index (χ0) is 18.2. The summed E-state index contributed by atoms with van der Waals surface area (Å²) in [5.41, 5.74) is 0.501. The summed E-state index contributed by atoms with van der Waals surface area (Å²) in [5.74, 6) is -3.31. The highest BCUT2D eigenvalue weighted by atomic mass is 32.2. The van der Waals surface area contributed by atoms with Crippen LogP contribution in [0.3, 0.4) is 0 Å². The SMILES string of the molecule is COc1ccc(C(=O)OCC(=O)Nc2ccccc2SC(F)F)cc1. The molecule has 25 heavy (non-hydrogen) atoms. The molecule has 2 aromatic rings. The Bertz CT molecular complexity index is 738. The molecule has 1 N–H and O–H groups in total. The van der Waals surface area contributed by atoms with Gasteiger partial charge in [-0.3, -0.25) is 4.79 Å². The summed E-state index contributed by atoms with van der Waals surface area (Å²) in [6.45, 7) is -0.529. The molecule has 0 heterocycles. The van der Waals surface area contributed by atoms with Gasteiger partial charge in [-0.1, -0.05) is 23.9 Å². The molecule has 2 aromatic carbocycles. The zero-order valence-electron chi connectivity index (χ0n) is 13.2. The van der Waals surface area contributed by atoms with Crippen LogP contribution in [0.4, 0.5) is 14.5 Å². The molecular weight excluding hydrogens is 352 g/mol. The molecule has 0 bridgehead atoms. The van der Waals surface area contributed by atoms with Crippen LogP contribution in [-0.2, 0) is 9.53 Å². The average molecular weight is 367 g/mol. The van der Waals surface area contributed by atoms with Gasteiger partial charge in [-0.15, -0.1) is 0 Å². The van der Waals surface area contributed by atoms with E-state index in [0.29, 0.717) is 17.5 Å². The van der Waals surface area contributed by atoms with E-state index in [-0.39, 0.29) is 16.1 Å². The molecule has 0 aliphatic carbocycles. The second-order valence-corrected chi connectivity index (χ2v) is 5.76. The Morgan fingerprint density at radius 2 is 1.80 bits per heavy atom. The van der Waals surface area contributed by atoms with Crippen LogP contribution in [0.15, 0.2) is 53.4 Å². The van der Waals surface area contributed by atoms with Crippen LogP contribution < -0.4 is 10.1 Å². The number of carbonyl (C=O) groups is 2. The largest absolute Gasteiger partial charge is 0.497 e. The van der Waals surface area contributed by atoms with Gasteiger partial charge >= 0.3 is 5.97 Å². The summed E-state index contributed by atoms with van der Waals surface area (Å²) < 4.78 is 34.9. The average Bonchev–Trinajstić information content (AvgIpc) is 2.61. The van der Waals surface area contributed by atoms with E-state index >= 15 is 0 Å². The highest BCUT2D eigenvalue weighted by Gasteiger charge is 2.14. The summed E-state index contributed by atoms with van der Waals surface area (Å²) in [7, 11) is 1.50. The number of carbonyl (C=O) groups excluding carboxylic acids is 2. The number of halogens is 2. The lowest BCUT2D eigenvalue weighted by molar-refractivity contribution is -0.119. The Kier molecular flexibility index (Phi) is 6.76. The number of esters is 1. The highest BCUT2D eigenvalue weighted by molar-refractivity contribution is 7.99. The van der Waals surface area contributed by atoms with Crippen molar-refractivity contribution in [3.63, 3.8) is 0 Å². The van der Waals surface area contributed by atoms with Crippen molar-refractivity contribution in [2.24, 2.45) is 0 Å². The van der Waals surface area contributed by atoms with Gasteiger partial charge in [0.1, 0.15) is 5.75 Å². The normalized spacial score (nSPS) is 10.4. The molecule has 0 fully saturated rings. The number of amides is 1. The predicted octanol–water partition coefficient (Wildman–Crippen LogP) is 3.81. The summed E-state index contributed by atoms with van der Waals surface area (Å²) in [6, 6.07) is 12.4. The van der Waals surface area contributed by atoms with Crippen LogP contribution >= 0.6 is 11.8 Å². The van der Waals surface area contributed by atoms with E-state index in [9.17, 15) is 18.4 Å². The Morgan fingerprint density at radius 1 is 1.12 bits per heavy atom. The van der Waals surface area contributed by atoms with Crippen LogP contribution in [0.25, 0.3) is 0 Å². The first kappa shape index (κ1) is 18.7. The van der Waals surface area contributed by atoms with E-state index in [1.54, 1.807) is 24.3 Å². The van der Waals surface area contributed by atoms with E-state index in [1.807, 2.05) is 0 Å². The lowest BCUT2D eigenvalue weighted by atomic mass is 10.2. The summed E-state index contributed by atoms with van der Waals surface area (Å²) in [5, 5.41) is 2.45. The van der Waals surface area contributed by atoms with Crippen molar-refractivity contribution in [1.29, 1.82) is 0 Å². The second-order valence-electron chi connectivity index (χ2n) is 4.73. The molecule has 0 saturated heterocycles. The van der Waals surface area contributed by atoms with Crippen molar-refractivity contribution >= 4 is 29.3 Å². The first-order valence-corrected chi connectivity index (χ1v) is 8.02. The van der Waals surface area contributed by atoms with E-state index in [2.05, 4.69) is 5.32 Å². The van der Waals surface area contributed by atoms with E-state index in [0.717, 1.165) is 0 Å². The van der Waals surface area contributed by atoms with Crippen molar-refractivity contribution in [3.8, 4) is 5.75 Å². The molecule has 0 atom stereocenters. The Morgan fingerprint density at radius 3 is 2.44 bits per heavy atom. The number of ether oxygens (including phenoxy) is 2. The smallest absolute Gasteiger partial charge is 0.338 e. The molecule has 0 spiro atoms. The van der Waals surface area contributed by atoms with Gasteiger partial charge in [-0.05, 0) is 36.4 Å². The van der Waals surface area contributed by atoms with Gasteiger partial charge in [0.15, 0.2) is 6.61 Å². The van der Waals surface area contributed by atoms with E-state index in [4.69, 9.17) is 9.47 Å². The number of rotatable bonds is 7. The van der Waals surface area contributed by atoms with Crippen molar-refractivity contribution < 1.29 is 27.8 Å². The monoisotopic (exact) mass is 367 g/mol. The topological polar surface area (TPSA) is 64.6 Å². The molecule has 0 saturated carbocycles. The number of methoxy groups -OCH3 is 1. The number of anilines is 1. The second kappa shape index (κ2) is 9.03. The number of thioether (sulfide) groups is 1. The third kappa shape index (κ3) is 5.75. The first-order valence-electron chi connectivity index (χ1n) is 7.14. The fourth-order valence-corrected chi connectivity index (χ4v) is 2.49. The van der Waals surface area contributed by atoms with Crippen molar-refractivity contribution in [2.75, 3.05) is 19.0 Å². The molecule has 8 heteroatoms. The van der Waals surface area contributed by atoms with Gasteiger partial charge in [0, 0.05) is 4.90 Å². The minimum Gasteiger partial charge on any atom is -0.497 e. The Labute approximate surface area is 147 Å². The lowest BCUT2D eigenvalue weighted by Gasteiger charge is -2.10. The molecule has 2 rings (SSSR count). The number of alkyl halides is 2. The summed E-state index contributed by atoms with van der Waals surface area (Å²) >= 11 is 0.324. The fraction of sp³-hybridized carbons (Fsp3) is 0.176. The third-order valence-electron chi connectivity index (χ3n) is 3.04. The standard InChI is InChI=1S/C17H15F2NO4S/c1-23-12-8-6-11(7-9-12)16(22)24-10-15(21)20-13-4-2-3-5-14(13)25-17(18)19/h2-9,17H,10H2,1H3,(H,20,21).